The van der Waals surface area contributed by atoms with Crippen molar-refractivity contribution >= 4 is 11.7 Å². The monoisotopic (exact) mass is 242 g/mol. The van der Waals surface area contributed by atoms with Gasteiger partial charge in [-0.15, -0.1) is 0 Å². The van der Waals surface area contributed by atoms with Gasteiger partial charge in [-0.3, -0.25) is 14.9 Å². The molecule has 1 atom stereocenters. The summed E-state index contributed by atoms with van der Waals surface area (Å²) < 4.78 is 18.0. The van der Waals surface area contributed by atoms with E-state index in [9.17, 15) is 19.3 Å². The molecule has 0 saturated heterocycles. The molecule has 0 bridgehead atoms. The van der Waals surface area contributed by atoms with Gasteiger partial charge >= 0.3 is 5.97 Å². The molecule has 1 aromatic carbocycles. The van der Waals surface area contributed by atoms with Crippen molar-refractivity contribution in [2.45, 2.75) is 5.92 Å². The number of nitrogens with two attached hydrogens (primary N) is 1. The minimum Gasteiger partial charge on any atom is -0.469 e. The predicted molar refractivity (Wildman–Crippen MR) is 56.9 cm³/mol. The third-order valence-corrected chi connectivity index (χ3v) is 2.30. The standard InChI is InChI=1S/C10H11FN2O4/c1-17-10(14)6(5-12)9-7(11)3-2-4-8(9)13(15)16/h2-4,6H,5,12H2,1H3. The average molecular weight is 242 g/mol. The molecular weight excluding hydrogens is 231 g/mol. The van der Waals surface area contributed by atoms with Crippen LogP contribution in [0.1, 0.15) is 11.5 Å². The number of esters is 1. The Bertz CT molecular complexity index is 450. The second-order valence-electron chi connectivity index (χ2n) is 3.24. The van der Waals surface area contributed by atoms with Crippen LogP contribution in [0.2, 0.25) is 0 Å². The minimum absolute atomic E-state index is 0.269. The van der Waals surface area contributed by atoms with E-state index in [-0.39, 0.29) is 12.1 Å². The fourth-order valence-corrected chi connectivity index (χ4v) is 1.50. The van der Waals surface area contributed by atoms with E-state index < -0.39 is 28.3 Å². The van der Waals surface area contributed by atoms with Gasteiger partial charge in [0.2, 0.25) is 0 Å². The summed E-state index contributed by atoms with van der Waals surface area (Å²) in [6, 6.07) is 3.35. The van der Waals surface area contributed by atoms with E-state index in [2.05, 4.69) is 4.74 Å². The van der Waals surface area contributed by atoms with Crippen molar-refractivity contribution in [2.75, 3.05) is 13.7 Å². The Morgan fingerprint density at radius 2 is 2.29 bits per heavy atom. The van der Waals surface area contributed by atoms with Crippen LogP contribution in [0, 0.1) is 15.9 Å². The Morgan fingerprint density at radius 1 is 1.65 bits per heavy atom. The van der Waals surface area contributed by atoms with Crippen LogP contribution >= 0.6 is 0 Å². The van der Waals surface area contributed by atoms with Crippen LogP contribution in [-0.4, -0.2) is 24.5 Å². The Morgan fingerprint density at radius 3 is 2.76 bits per heavy atom. The molecule has 0 aliphatic heterocycles. The lowest BCUT2D eigenvalue weighted by Crippen LogP contribution is -2.24. The molecule has 0 aliphatic rings. The summed E-state index contributed by atoms with van der Waals surface area (Å²) in [6.07, 6.45) is 0. The predicted octanol–water partition coefficient (Wildman–Crippen LogP) is 0.949. The fraction of sp³-hybridized carbons (Fsp3) is 0.300. The summed E-state index contributed by atoms with van der Waals surface area (Å²) in [7, 11) is 1.11. The number of nitrogens with zero attached hydrogens (tertiary/aromatic N) is 1. The maximum Gasteiger partial charge on any atom is 0.314 e. The maximum atomic E-state index is 13.6. The van der Waals surface area contributed by atoms with Crippen molar-refractivity contribution in [3.63, 3.8) is 0 Å². The molecule has 7 heteroatoms. The zero-order chi connectivity index (χ0) is 13.0. The topological polar surface area (TPSA) is 95.5 Å². The molecule has 17 heavy (non-hydrogen) atoms. The molecule has 1 aromatic rings. The molecule has 1 unspecified atom stereocenters. The lowest BCUT2D eigenvalue weighted by Gasteiger charge is -2.13. The molecule has 0 amide bonds. The van der Waals surface area contributed by atoms with Crippen molar-refractivity contribution in [3.8, 4) is 0 Å². The molecular formula is C10H11FN2O4. The molecule has 6 nitrogen and oxygen atoms in total. The molecule has 0 saturated carbocycles. The number of halogens is 1. The van der Waals surface area contributed by atoms with Crippen LogP contribution < -0.4 is 5.73 Å². The van der Waals surface area contributed by atoms with Crippen LogP contribution in [0.25, 0.3) is 0 Å². The lowest BCUT2D eigenvalue weighted by atomic mass is 9.97. The van der Waals surface area contributed by atoms with E-state index in [4.69, 9.17) is 5.73 Å². The summed E-state index contributed by atoms with van der Waals surface area (Å²) >= 11 is 0. The normalized spacial score (nSPS) is 11.9. The Hall–Kier alpha value is -2.02. The highest BCUT2D eigenvalue weighted by Gasteiger charge is 2.30. The summed E-state index contributed by atoms with van der Waals surface area (Å²) in [5, 5.41) is 10.8. The number of nitro benzene ring substituents is 1. The van der Waals surface area contributed by atoms with E-state index in [1.54, 1.807) is 0 Å². The highest BCUT2D eigenvalue weighted by Crippen LogP contribution is 2.29. The molecule has 2 N–H and O–H groups in total. The summed E-state index contributed by atoms with van der Waals surface area (Å²) in [6.45, 7) is -0.269. The third-order valence-electron chi connectivity index (χ3n) is 2.30. The zero-order valence-corrected chi connectivity index (χ0v) is 9.05. The third kappa shape index (κ3) is 2.56. The molecule has 0 aliphatic carbocycles. The fourth-order valence-electron chi connectivity index (χ4n) is 1.50. The van der Waals surface area contributed by atoms with Gasteiger partial charge in [0.05, 0.1) is 17.6 Å². The first-order chi connectivity index (χ1) is 8.02. The molecule has 0 radical (unpaired) electrons. The van der Waals surface area contributed by atoms with Crippen LogP contribution in [-0.2, 0) is 9.53 Å². The number of methoxy groups -OCH3 is 1. The second-order valence-corrected chi connectivity index (χ2v) is 3.24. The number of nitro groups is 1. The van der Waals surface area contributed by atoms with Crippen molar-refractivity contribution in [1.82, 2.24) is 0 Å². The lowest BCUT2D eigenvalue weighted by molar-refractivity contribution is -0.385. The van der Waals surface area contributed by atoms with Gasteiger partial charge in [0.25, 0.3) is 5.69 Å². The largest absolute Gasteiger partial charge is 0.469 e. The number of benzene rings is 1. The smallest absolute Gasteiger partial charge is 0.314 e. The van der Waals surface area contributed by atoms with Crippen molar-refractivity contribution in [3.05, 3.63) is 39.7 Å². The Labute approximate surface area is 96.3 Å². The SMILES string of the molecule is COC(=O)C(CN)c1c(F)cccc1[N+](=O)[O-]. The number of rotatable bonds is 4. The van der Waals surface area contributed by atoms with E-state index in [0.717, 1.165) is 19.2 Å². The quantitative estimate of drug-likeness (QED) is 0.481. The van der Waals surface area contributed by atoms with E-state index in [1.807, 2.05) is 0 Å². The highest BCUT2D eigenvalue weighted by atomic mass is 19.1. The van der Waals surface area contributed by atoms with Gasteiger partial charge in [0.15, 0.2) is 0 Å². The average Bonchev–Trinajstić information content (AvgIpc) is 2.31. The summed E-state index contributed by atoms with van der Waals surface area (Å²) in [5.41, 5.74) is 4.51. The first-order valence-corrected chi connectivity index (χ1v) is 4.73. The van der Waals surface area contributed by atoms with Gasteiger partial charge in [0, 0.05) is 12.6 Å². The molecule has 92 valence electrons. The number of hydrogen-bond acceptors (Lipinski definition) is 5. The van der Waals surface area contributed by atoms with Gasteiger partial charge in [-0.1, -0.05) is 6.07 Å². The van der Waals surface area contributed by atoms with Crippen molar-refractivity contribution in [1.29, 1.82) is 0 Å². The number of carbonyl (C=O) groups is 1. The summed E-state index contributed by atoms with van der Waals surface area (Å²) in [5.74, 6) is -2.83. The number of ether oxygens (including phenoxy) is 1. The molecule has 1 rings (SSSR count). The number of hydrogen-bond donors (Lipinski definition) is 1. The maximum absolute atomic E-state index is 13.6. The van der Waals surface area contributed by atoms with Crippen LogP contribution in [0.4, 0.5) is 10.1 Å². The van der Waals surface area contributed by atoms with Crippen LogP contribution in [0.5, 0.6) is 0 Å². The first kappa shape index (κ1) is 13.0. The van der Waals surface area contributed by atoms with Gasteiger partial charge in [-0.25, -0.2) is 4.39 Å². The van der Waals surface area contributed by atoms with Crippen LogP contribution in [0.3, 0.4) is 0 Å². The minimum atomic E-state index is -1.18. The molecule has 0 heterocycles. The first-order valence-electron chi connectivity index (χ1n) is 4.73. The van der Waals surface area contributed by atoms with Gasteiger partial charge in [-0.05, 0) is 6.07 Å². The molecule has 0 spiro atoms. The Balaban J connectivity index is 3.36. The summed E-state index contributed by atoms with van der Waals surface area (Å²) in [4.78, 5) is 21.4. The highest BCUT2D eigenvalue weighted by molar-refractivity contribution is 5.80. The molecule has 0 fully saturated rings. The number of carbonyl (C=O) groups excluding carboxylic acids is 1. The van der Waals surface area contributed by atoms with E-state index in [1.165, 1.54) is 6.07 Å². The second kappa shape index (κ2) is 5.35. The van der Waals surface area contributed by atoms with E-state index >= 15 is 0 Å². The van der Waals surface area contributed by atoms with Crippen molar-refractivity contribution < 1.29 is 18.8 Å². The van der Waals surface area contributed by atoms with Crippen LogP contribution in [0.15, 0.2) is 18.2 Å². The van der Waals surface area contributed by atoms with Gasteiger partial charge < -0.3 is 10.5 Å². The van der Waals surface area contributed by atoms with Gasteiger partial charge in [0.1, 0.15) is 11.7 Å². The molecule has 0 aromatic heterocycles. The van der Waals surface area contributed by atoms with E-state index in [0.29, 0.717) is 0 Å². The zero-order valence-electron chi connectivity index (χ0n) is 9.05. The van der Waals surface area contributed by atoms with Gasteiger partial charge in [-0.2, -0.15) is 0 Å². The Kier molecular flexibility index (Phi) is 4.11. The van der Waals surface area contributed by atoms with Crippen molar-refractivity contribution in [2.24, 2.45) is 5.73 Å².